The number of methoxy groups -OCH3 is 1. The van der Waals surface area contributed by atoms with Crippen molar-refractivity contribution in [2.45, 2.75) is 63.8 Å². The lowest BCUT2D eigenvalue weighted by Crippen LogP contribution is -2.38. The normalized spacial score (nSPS) is 18.2. The molecule has 1 saturated carbocycles. The minimum Gasteiger partial charge on any atom is -0.396 e. The Balaban J connectivity index is 2.11. The van der Waals surface area contributed by atoms with Crippen molar-refractivity contribution < 1.29 is 14.6 Å². The van der Waals surface area contributed by atoms with E-state index in [2.05, 4.69) is 5.32 Å². The summed E-state index contributed by atoms with van der Waals surface area (Å²) in [4.78, 5) is 11.8. The number of ether oxygens (including phenoxy) is 1. The molecule has 1 unspecified atom stereocenters. The molecule has 0 aliphatic heterocycles. The summed E-state index contributed by atoms with van der Waals surface area (Å²) in [6.45, 7) is 0.547. The van der Waals surface area contributed by atoms with Crippen LogP contribution in [0, 0.1) is 5.92 Å². The zero-order valence-corrected chi connectivity index (χ0v) is 12.2. The van der Waals surface area contributed by atoms with Crippen molar-refractivity contribution in [3.8, 4) is 0 Å². The van der Waals surface area contributed by atoms with Gasteiger partial charge < -0.3 is 15.2 Å². The molecule has 1 amide bonds. The van der Waals surface area contributed by atoms with Gasteiger partial charge in [0.1, 0.15) is 0 Å². The first kappa shape index (κ1) is 16.4. The summed E-state index contributed by atoms with van der Waals surface area (Å²) in [6, 6.07) is -0.0582. The predicted molar refractivity (Wildman–Crippen MR) is 75.9 cm³/mol. The molecule has 19 heavy (non-hydrogen) atoms. The summed E-state index contributed by atoms with van der Waals surface area (Å²) in [7, 11) is 1.61. The summed E-state index contributed by atoms with van der Waals surface area (Å²) >= 11 is 0. The number of rotatable bonds is 9. The largest absolute Gasteiger partial charge is 0.396 e. The van der Waals surface area contributed by atoms with E-state index >= 15 is 0 Å². The van der Waals surface area contributed by atoms with Crippen LogP contribution in [0.5, 0.6) is 0 Å². The zero-order valence-electron chi connectivity index (χ0n) is 12.2. The molecule has 4 heteroatoms. The Kier molecular flexibility index (Phi) is 8.84. The minimum absolute atomic E-state index is 0.0582. The molecule has 0 radical (unpaired) electrons. The van der Waals surface area contributed by atoms with Crippen molar-refractivity contribution >= 4 is 5.91 Å². The maximum absolute atomic E-state index is 11.8. The van der Waals surface area contributed by atoms with Crippen molar-refractivity contribution in [1.82, 2.24) is 5.32 Å². The summed E-state index contributed by atoms with van der Waals surface area (Å²) in [5.74, 6) is 0.931. The van der Waals surface area contributed by atoms with Crippen molar-refractivity contribution in [3.05, 3.63) is 0 Å². The van der Waals surface area contributed by atoms with Crippen LogP contribution in [-0.2, 0) is 9.53 Å². The molecule has 0 aromatic carbocycles. The number of carbonyl (C=O) groups excluding carboxylic acids is 1. The van der Waals surface area contributed by atoms with Crippen LogP contribution in [-0.4, -0.2) is 37.4 Å². The molecule has 0 spiro atoms. The smallest absolute Gasteiger partial charge is 0.220 e. The molecule has 1 atom stereocenters. The highest BCUT2D eigenvalue weighted by Gasteiger charge is 2.15. The summed E-state index contributed by atoms with van der Waals surface area (Å²) in [5, 5.41) is 11.8. The molecule has 0 bridgehead atoms. The van der Waals surface area contributed by atoms with Gasteiger partial charge in [0.15, 0.2) is 0 Å². The lowest BCUT2D eigenvalue weighted by atomic mass is 9.86. The number of nitrogens with one attached hydrogen (secondary N) is 1. The Labute approximate surface area is 116 Å². The van der Waals surface area contributed by atoms with E-state index < -0.39 is 0 Å². The molecule has 0 aromatic heterocycles. The molecule has 1 fully saturated rings. The highest BCUT2D eigenvalue weighted by atomic mass is 16.5. The maximum Gasteiger partial charge on any atom is 0.220 e. The van der Waals surface area contributed by atoms with Gasteiger partial charge >= 0.3 is 0 Å². The van der Waals surface area contributed by atoms with Crippen LogP contribution < -0.4 is 5.32 Å². The van der Waals surface area contributed by atoms with Crippen LogP contribution in [0.3, 0.4) is 0 Å². The molecule has 1 aliphatic rings. The highest BCUT2D eigenvalue weighted by molar-refractivity contribution is 5.76. The number of aliphatic hydroxyl groups excluding tert-OH is 1. The van der Waals surface area contributed by atoms with Crippen molar-refractivity contribution in [1.29, 1.82) is 0 Å². The summed E-state index contributed by atoms with van der Waals surface area (Å²) in [6.07, 6.45) is 10.1. The quantitative estimate of drug-likeness (QED) is 0.676. The lowest BCUT2D eigenvalue weighted by molar-refractivity contribution is -0.122. The van der Waals surface area contributed by atoms with E-state index in [-0.39, 0.29) is 18.6 Å². The van der Waals surface area contributed by atoms with E-state index in [0.29, 0.717) is 19.4 Å². The fraction of sp³-hybridized carbons (Fsp3) is 0.933. The number of carbonyl (C=O) groups is 1. The van der Waals surface area contributed by atoms with Gasteiger partial charge in [0, 0.05) is 20.1 Å². The second kappa shape index (κ2) is 10.2. The zero-order chi connectivity index (χ0) is 13.9. The van der Waals surface area contributed by atoms with Gasteiger partial charge in [-0.25, -0.2) is 0 Å². The van der Waals surface area contributed by atoms with E-state index in [9.17, 15) is 4.79 Å². The van der Waals surface area contributed by atoms with E-state index in [0.717, 1.165) is 12.3 Å². The molecule has 4 nitrogen and oxygen atoms in total. The Morgan fingerprint density at radius 3 is 2.74 bits per heavy atom. The molecule has 0 aromatic rings. The molecule has 112 valence electrons. The average molecular weight is 271 g/mol. The number of hydrogen-bond donors (Lipinski definition) is 2. The van der Waals surface area contributed by atoms with Crippen LogP contribution >= 0.6 is 0 Å². The monoisotopic (exact) mass is 271 g/mol. The second-order valence-corrected chi connectivity index (χ2v) is 5.63. The Morgan fingerprint density at radius 1 is 1.37 bits per heavy atom. The van der Waals surface area contributed by atoms with Gasteiger partial charge in [-0.15, -0.1) is 0 Å². The second-order valence-electron chi connectivity index (χ2n) is 5.63. The van der Waals surface area contributed by atoms with E-state index in [1.165, 1.54) is 38.5 Å². The lowest BCUT2D eigenvalue weighted by Gasteiger charge is -2.21. The van der Waals surface area contributed by atoms with Crippen LogP contribution in [0.2, 0.25) is 0 Å². The number of aliphatic hydroxyl groups is 1. The Morgan fingerprint density at radius 2 is 2.11 bits per heavy atom. The molecule has 1 rings (SSSR count). The third-order valence-corrected chi connectivity index (χ3v) is 3.95. The van der Waals surface area contributed by atoms with Crippen LogP contribution in [0.4, 0.5) is 0 Å². The van der Waals surface area contributed by atoms with Gasteiger partial charge in [0.05, 0.1) is 12.6 Å². The fourth-order valence-corrected chi connectivity index (χ4v) is 2.88. The number of hydrogen-bond acceptors (Lipinski definition) is 3. The maximum atomic E-state index is 11.8. The highest BCUT2D eigenvalue weighted by Crippen LogP contribution is 2.27. The molecular weight excluding hydrogens is 242 g/mol. The molecular formula is C15H29NO3. The first-order valence-electron chi connectivity index (χ1n) is 7.65. The minimum atomic E-state index is -0.0582. The number of amides is 1. The van der Waals surface area contributed by atoms with E-state index in [1.54, 1.807) is 7.11 Å². The topological polar surface area (TPSA) is 58.6 Å². The van der Waals surface area contributed by atoms with Gasteiger partial charge in [-0.1, -0.05) is 32.1 Å². The summed E-state index contributed by atoms with van der Waals surface area (Å²) in [5.41, 5.74) is 0. The van der Waals surface area contributed by atoms with Crippen LogP contribution in [0.15, 0.2) is 0 Å². The van der Waals surface area contributed by atoms with Crippen molar-refractivity contribution in [2.75, 3.05) is 20.3 Å². The molecule has 1 aliphatic carbocycles. The summed E-state index contributed by atoms with van der Waals surface area (Å²) < 4.78 is 5.03. The van der Waals surface area contributed by atoms with Crippen molar-refractivity contribution in [2.24, 2.45) is 5.92 Å². The molecule has 2 N–H and O–H groups in total. The van der Waals surface area contributed by atoms with Gasteiger partial charge in [-0.05, 0) is 25.2 Å². The SMILES string of the molecule is COCC(CCO)NC(=O)CCCC1CCCCC1. The van der Waals surface area contributed by atoms with Crippen LogP contribution in [0.25, 0.3) is 0 Å². The Hall–Kier alpha value is -0.610. The van der Waals surface area contributed by atoms with E-state index in [1.807, 2.05) is 0 Å². The molecule has 0 heterocycles. The van der Waals surface area contributed by atoms with Gasteiger partial charge in [-0.2, -0.15) is 0 Å². The predicted octanol–water partition coefficient (Wildman–Crippen LogP) is 2.25. The van der Waals surface area contributed by atoms with E-state index in [4.69, 9.17) is 9.84 Å². The van der Waals surface area contributed by atoms with Crippen LogP contribution in [0.1, 0.15) is 57.8 Å². The van der Waals surface area contributed by atoms with Gasteiger partial charge in [0.25, 0.3) is 0 Å². The fourth-order valence-electron chi connectivity index (χ4n) is 2.88. The third kappa shape index (κ3) is 7.53. The van der Waals surface area contributed by atoms with Crippen molar-refractivity contribution in [3.63, 3.8) is 0 Å². The third-order valence-electron chi connectivity index (χ3n) is 3.95. The van der Waals surface area contributed by atoms with Gasteiger partial charge in [-0.3, -0.25) is 4.79 Å². The first-order chi connectivity index (χ1) is 9.26. The average Bonchev–Trinajstić information content (AvgIpc) is 2.40. The van der Waals surface area contributed by atoms with Gasteiger partial charge in [0.2, 0.25) is 5.91 Å². The first-order valence-corrected chi connectivity index (χ1v) is 7.65. The standard InChI is InChI=1S/C15H29NO3/c1-19-12-14(10-11-17)16-15(18)9-5-8-13-6-3-2-4-7-13/h13-14,17H,2-12H2,1H3,(H,16,18). The Bertz CT molecular complexity index is 234. The molecule has 0 saturated heterocycles.